The van der Waals surface area contributed by atoms with Gasteiger partial charge in [0.15, 0.2) is 0 Å². The molecule has 4 nitrogen and oxygen atoms in total. The van der Waals surface area contributed by atoms with Gasteiger partial charge in [-0.2, -0.15) is 0 Å². The van der Waals surface area contributed by atoms with Crippen molar-refractivity contribution in [1.29, 1.82) is 0 Å². The lowest BCUT2D eigenvalue weighted by atomic mass is 10.0. The first-order chi connectivity index (χ1) is 11.7. The van der Waals surface area contributed by atoms with E-state index in [2.05, 4.69) is 16.8 Å². The van der Waals surface area contributed by atoms with E-state index in [1.807, 2.05) is 24.3 Å². The van der Waals surface area contributed by atoms with Crippen LogP contribution in [0.3, 0.4) is 0 Å². The summed E-state index contributed by atoms with van der Waals surface area (Å²) in [4.78, 5) is 4.61. The fourth-order valence-electron chi connectivity index (χ4n) is 3.37. The summed E-state index contributed by atoms with van der Waals surface area (Å²) in [6.07, 6.45) is 2.25. The maximum absolute atomic E-state index is 13.9. The van der Waals surface area contributed by atoms with E-state index >= 15 is 0 Å². The van der Waals surface area contributed by atoms with Crippen LogP contribution in [0, 0.1) is 5.82 Å². The summed E-state index contributed by atoms with van der Waals surface area (Å²) < 4.78 is 19.4. The molecule has 130 valence electrons. The maximum atomic E-state index is 13.9. The Morgan fingerprint density at radius 1 is 1.25 bits per heavy atom. The van der Waals surface area contributed by atoms with Gasteiger partial charge < -0.3 is 9.52 Å². The number of likely N-dealkylation sites (tertiary alicyclic amines) is 1. The van der Waals surface area contributed by atoms with E-state index in [1.54, 1.807) is 6.07 Å². The molecule has 5 heteroatoms. The number of nitrogens with zero attached hydrogens (tertiary/aromatic N) is 2. The second-order valence-corrected chi connectivity index (χ2v) is 6.56. The highest BCUT2D eigenvalue weighted by atomic mass is 19.1. The summed E-state index contributed by atoms with van der Waals surface area (Å²) in [6.45, 7) is 3.25. The molecule has 1 unspecified atom stereocenters. The Hall–Kier alpha value is -1.69. The number of halogens is 1. The van der Waals surface area contributed by atoms with E-state index in [-0.39, 0.29) is 12.4 Å². The minimum atomic E-state index is -0.125. The smallest absolute Gasteiger partial charge is 0.129 e. The highest BCUT2D eigenvalue weighted by molar-refractivity contribution is 5.17. The van der Waals surface area contributed by atoms with Crippen molar-refractivity contribution in [2.24, 2.45) is 0 Å². The summed E-state index contributed by atoms with van der Waals surface area (Å²) in [7, 11) is 2.10. The van der Waals surface area contributed by atoms with Gasteiger partial charge in [0.2, 0.25) is 0 Å². The molecule has 0 saturated carbocycles. The molecule has 0 spiro atoms. The van der Waals surface area contributed by atoms with Gasteiger partial charge in [0.05, 0.1) is 6.54 Å². The van der Waals surface area contributed by atoms with Crippen LogP contribution in [0.1, 0.15) is 29.9 Å². The van der Waals surface area contributed by atoms with Crippen LogP contribution in [0.4, 0.5) is 4.39 Å². The van der Waals surface area contributed by atoms with E-state index in [0.717, 1.165) is 43.8 Å². The highest BCUT2D eigenvalue weighted by Crippen LogP contribution is 2.20. The number of aliphatic hydroxyl groups excluding tert-OH is 1. The lowest BCUT2D eigenvalue weighted by Crippen LogP contribution is -2.45. The minimum absolute atomic E-state index is 0.0659. The Bertz CT molecular complexity index is 658. The summed E-state index contributed by atoms with van der Waals surface area (Å²) in [5.74, 6) is 1.34. The summed E-state index contributed by atoms with van der Waals surface area (Å²) in [5.41, 5.74) is 0.763. The van der Waals surface area contributed by atoms with Crippen LogP contribution >= 0.6 is 0 Å². The Balaban J connectivity index is 1.57. The first-order valence-electron chi connectivity index (χ1n) is 8.50. The zero-order valence-corrected chi connectivity index (χ0v) is 14.1. The average molecular weight is 332 g/mol. The van der Waals surface area contributed by atoms with Crippen LogP contribution in [0.25, 0.3) is 0 Å². The van der Waals surface area contributed by atoms with Crippen LogP contribution in [-0.4, -0.2) is 41.1 Å². The van der Waals surface area contributed by atoms with Gasteiger partial charge in [0.1, 0.15) is 23.9 Å². The summed E-state index contributed by atoms with van der Waals surface area (Å²) in [5, 5.41) is 9.09. The van der Waals surface area contributed by atoms with Crippen molar-refractivity contribution in [3.8, 4) is 0 Å². The predicted octanol–water partition coefficient (Wildman–Crippen LogP) is 3.01. The van der Waals surface area contributed by atoms with Crippen molar-refractivity contribution < 1.29 is 13.9 Å². The van der Waals surface area contributed by atoms with Gasteiger partial charge in [0, 0.05) is 24.7 Å². The highest BCUT2D eigenvalue weighted by Gasteiger charge is 2.24. The average Bonchev–Trinajstić information content (AvgIpc) is 3.05. The van der Waals surface area contributed by atoms with E-state index < -0.39 is 0 Å². The van der Waals surface area contributed by atoms with E-state index in [4.69, 9.17) is 9.52 Å². The fourth-order valence-corrected chi connectivity index (χ4v) is 3.37. The van der Waals surface area contributed by atoms with Gasteiger partial charge in [-0.3, -0.25) is 9.80 Å². The third kappa shape index (κ3) is 4.23. The molecule has 3 rings (SSSR count). The molecule has 1 aromatic carbocycles. The molecule has 1 aromatic heterocycles. The number of rotatable bonds is 6. The maximum Gasteiger partial charge on any atom is 0.129 e. The standard InChI is InChI=1S/C19H25FN2O2/c1-21(13-17-8-9-18(14-23)24-17)16-6-4-10-22(12-16)11-15-5-2-3-7-19(15)20/h2-3,5,7-9,16,23H,4,6,10-14H2,1H3. The normalized spacial score (nSPS) is 19.1. The zero-order chi connectivity index (χ0) is 16.9. The number of benzene rings is 1. The SMILES string of the molecule is CN(Cc1ccc(CO)o1)C1CCCN(Cc2ccccc2F)C1. The fraction of sp³-hybridized carbons (Fsp3) is 0.474. The molecule has 24 heavy (non-hydrogen) atoms. The van der Waals surface area contributed by atoms with Gasteiger partial charge in [-0.1, -0.05) is 18.2 Å². The van der Waals surface area contributed by atoms with Crippen LogP contribution in [0.15, 0.2) is 40.8 Å². The Morgan fingerprint density at radius 3 is 2.79 bits per heavy atom. The third-order valence-electron chi connectivity index (χ3n) is 4.73. The molecular formula is C19H25FN2O2. The Labute approximate surface area is 142 Å². The number of hydrogen-bond donors (Lipinski definition) is 1. The van der Waals surface area contributed by atoms with Gasteiger partial charge in [-0.05, 0) is 44.6 Å². The first-order valence-corrected chi connectivity index (χ1v) is 8.50. The number of likely N-dealkylation sites (N-methyl/N-ethyl adjacent to an activating group) is 1. The monoisotopic (exact) mass is 332 g/mol. The Kier molecular flexibility index (Phi) is 5.66. The molecule has 1 aliphatic rings. The van der Waals surface area contributed by atoms with Crippen molar-refractivity contribution in [3.05, 3.63) is 59.3 Å². The van der Waals surface area contributed by atoms with Gasteiger partial charge >= 0.3 is 0 Å². The molecule has 2 heterocycles. The van der Waals surface area contributed by atoms with E-state index in [9.17, 15) is 4.39 Å². The number of hydrogen-bond acceptors (Lipinski definition) is 4. The van der Waals surface area contributed by atoms with Crippen molar-refractivity contribution in [2.45, 2.75) is 38.6 Å². The number of aliphatic hydroxyl groups is 1. The van der Waals surface area contributed by atoms with Crippen molar-refractivity contribution >= 4 is 0 Å². The van der Waals surface area contributed by atoms with Crippen molar-refractivity contribution in [3.63, 3.8) is 0 Å². The quantitative estimate of drug-likeness (QED) is 0.883. The minimum Gasteiger partial charge on any atom is -0.462 e. The first kappa shape index (κ1) is 17.1. The predicted molar refractivity (Wildman–Crippen MR) is 90.8 cm³/mol. The van der Waals surface area contributed by atoms with Crippen LogP contribution in [0.2, 0.25) is 0 Å². The third-order valence-corrected chi connectivity index (χ3v) is 4.73. The van der Waals surface area contributed by atoms with Crippen molar-refractivity contribution in [2.75, 3.05) is 20.1 Å². The van der Waals surface area contributed by atoms with Crippen LogP contribution in [0.5, 0.6) is 0 Å². The van der Waals surface area contributed by atoms with Gasteiger partial charge in [-0.25, -0.2) is 4.39 Å². The molecule has 0 bridgehead atoms. The molecule has 0 radical (unpaired) electrons. The number of furan rings is 1. The molecule has 1 saturated heterocycles. The van der Waals surface area contributed by atoms with Crippen molar-refractivity contribution in [1.82, 2.24) is 9.80 Å². The van der Waals surface area contributed by atoms with Crippen LogP contribution < -0.4 is 0 Å². The molecule has 2 aromatic rings. The van der Waals surface area contributed by atoms with Crippen LogP contribution in [-0.2, 0) is 19.7 Å². The van der Waals surface area contributed by atoms with Gasteiger partial charge in [-0.15, -0.1) is 0 Å². The van der Waals surface area contributed by atoms with E-state index in [0.29, 0.717) is 18.3 Å². The second-order valence-electron chi connectivity index (χ2n) is 6.56. The lowest BCUT2D eigenvalue weighted by molar-refractivity contribution is 0.101. The molecule has 0 aliphatic carbocycles. The second kappa shape index (κ2) is 7.92. The zero-order valence-electron chi connectivity index (χ0n) is 14.1. The topological polar surface area (TPSA) is 39.9 Å². The van der Waals surface area contributed by atoms with Gasteiger partial charge in [0.25, 0.3) is 0 Å². The molecule has 1 fully saturated rings. The lowest BCUT2D eigenvalue weighted by Gasteiger charge is -2.37. The molecule has 1 N–H and O–H groups in total. The summed E-state index contributed by atoms with van der Waals surface area (Å²) >= 11 is 0. The molecule has 0 amide bonds. The Morgan fingerprint density at radius 2 is 2.04 bits per heavy atom. The summed E-state index contributed by atoms with van der Waals surface area (Å²) in [6, 6.07) is 11.2. The largest absolute Gasteiger partial charge is 0.462 e. The molecule has 1 aliphatic heterocycles. The number of piperidine rings is 1. The molecule has 1 atom stereocenters. The van der Waals surface area contributed by atoms with E-state index in [1.165, 1.54) is 6.07 Å². The molecular weight excluding hydrogens is 307 g/mol.